The molecule has 0 aliphatic carbocycles. The van der Waals surface area contributed by atoms with E-state index in [1.54, 1.807) is 0 Å². The van der Waals surface area contributed by atoms with Gasteiger partial charge in [0.1, 0.15) is 22.9 Å². The number of amides is 1. The quantitative estimate of drug-likeness (QED) is 0.323. The van der Waals surface area contributed by atoms with Crippen molar-refractivity contribution in [2.75, 3.05) is 12.3 Å². The summed E-state index contributed by atoms with van der Waals surface area (Å²) in [5.41, 5.74) is -0.373. The van der Waals surface area contributed by atoms with E-state index in [1.807, 2.05) is 0 Å². The number of aliphatic carboxylic acids is 1. The Kier molecular flexibility index (Phi) is 7.48. The molecule has 1 atom stereocenters. The molecule has 30 heavy (non-hydrogen) atoms. The van der Waals surface area contributed by atoms with Gasteiger partial charge in [-0.1, -0.05) is 0 Å². The van der Waals surface area contributed by atoms with E-state index >= 15 is 0 Å². The lowest BCUT2D eigenvalue weighted by atomic mass is 10.0. The standard InChI is InChI=1S/C19H21FN2O7S/c1-19(18(25)22-26,21-11-10-17(23)24)12-30(27,28)16-8-6-15(7-9-16)29-14-4-2-13(20)3-5-14/h2-9,21,26H,10-12H2,1H3,(H,22,25)(H,23,24). The number of rotatable bonds is 10. The van der Waals surface area contributed by atoms with Gasteiger partial charge < -0.3 is 15.2 Å². The zero-order valence-electron chi connectivity index (χ0n) is 16.0. The molecule has 0 spiro atoms. The van der Waals surface area contributed by atoms with Crippen LogP contribution in [0.15, 0.2) is 53.4 Å². The monoisotopic (exact) mass is 440 g/mol. The third-order valence-corrected chi connectivity index (χ3v) is 6.12. The Balaban J connectivity index is 2.16. The Morgan fingerprint density at radius 1 is 1.07 bits per heavy atom. The molecule has 0 saturated heterocycles. The molecule has 162 valence electrons. The van der Waals surface area contributed by atoms with Gasteiger partial charge in [0.05, 0.1) is 17.1 Å². The average Bonchev–Trinajstić information content (AvgIpc) is 2.69. The molecule has 0 radical (unpaired) electrons. The maximum Gasteiger partial charge on any atom is 0.304 e. The number of hydroxylamine groups is 1. The zero-order valence-corrected chi connectivity index (χ0v) is 16.8. The predicted octanol–water partition coefficient (Wildman–Crippen LogP) is 1.72. The van der Waals surface area contributed by atoms with Crippen molar-refractivity contribution < 1.29 is 37.4 Å². The van der Waals surface area contributed by atoms with Crippen molar-refractivity contribution in [1.29, 1.82) is 0 Å². The minimum Gasteiger partial charge on any atom is -0.481 e. The second-order valence-corrected chi connectivity index (χ2v) is 8.62. The highest BCUT2D eigenvalue weighted by atomic mass is 32.2. The van der Waals surface area contributed by atoms with Gasteiger partial charge in [-0.15, -0.1) is 0 Å². The minimum absolute atomic E-state index is 0.106. The number of benzene rings is 2. The Hall–Kier alpha value is -3.02. The largest absolute Gasteiger partial charge is 0.481 e. The van der Waals surface area contributed by atoms with Crippen LogP contribution < -0.4 is 15.5 Å². The normalized spacial score (nSPS) is 13.3. The maximum absolute atomic E-state index is 12.9. The summed E-state index contributed by atoms with van der Waals surface area (Å²) in [5.74, 6) is -2.63. The third-order valence-electron chi connectivity index (χ3n) is 4.17. The first-order chi connectivity index (χ1) is 14.1. The van der Waals surface area contributed by atoms with Crippen LogP contribution >= 0.6 is 0 Å². The lowest BCUT2D eigenvalue weighted by molar-refractivity contribution is -0.138. The first kappa shape index (κ1) is 23.3. The molecule has 0 aromatic heterocycles. The Morgan fingerprint density at radius 2 is 1.60 bits per heavy atom. The van der Waals surface area contributed by atoms with Gasteiger partial charge >= 0.3 is 5.97 Å². The van der Waals surface area contributed by atoms with E-state index in [-0.39, 0.29) is 17.9 Å². The van der Waals surface area contributed by atoms with Gasteiger partial charge in [0.15, 0.2) is 9.84 Å². The lowest BCUT2D eigenvalue weighted by Gasteiger charge is -2.28. The molecule has 0 bridgehead atoms. The van der Waals surface area contributed by atoms with Crippen LogP contribution in [0, 0.1) is 5.82 Å². The summed E-state index contributed by atoms with van der Waals surface area (Å²) in [6.45, 7) is 1.06. The van der Waals surface area contributed by atoms with Crippen LogP contribution in [-0.2, 0) is 19.4 Å². The van der Waals surface area contributed by atoms with Crippen LogP contribution in [-0.4, -0.2) is 48.4 Å². The SMILES string of the molecule is CC(CS(=O)(=O)c1ccc(Oc2ccc(F)cc2)cc1)(NCCC(=O)O)C(=O)NO. The smallest absolute Gasteiger partial charge is 0.304 e. The summed E-state index contributed by atoms with van der Waals surface area (Å²) < 4.78 is 44.0. The van der Waals surface area contributed by atoms with Gasteiger partial charge in [-0.05, 0) is 55.5 Å². The number of carbonyl (C=O) groups is 2. The van der Waals surface area contributed by atoms with E-state index in [0.29, 0.717) is 11.5 Å². The van der Waals surface area contributed by atoms with Gasteiger partial charge in [-0.25, -0.2) is 18.3 Å². The number of sulfone groups is 1. The maximum atomic E-state index is 12.9. The van der Waals surface area contributed by atoms with Crippen LogP contribution in [0.1, 0.15) is 13.3 Å². The van der Waals surface area contributed by atoms with E-state index in [1.165, 1.54) is 60.9 Å². The van der Waals surface area contributed by atoms with Gasteiger partial charge in [-0.2, -0.15) is 0 Å². The number of hydrogen-bond donors (Lipinski definition) is 4. The van der Waals surface area contributed by atoms with Crippen molar-refractivity contribution in [1.82, 2.24) is 10.8 Å². The second kappa shape index (κ2) is 9.65. The first-order valence-corrected chi connectivity index (χ1v) is 10.4. The number of nitrogens with one attached hydrogen (secondary N) is 2. The molecule has 2 aromatic carbocycles. The molecule has 4 N–H and O–H groups in total. The number of hydrogen-bond acceptors (Lipinski definition) is 7. The van der Waals surface area contributed by atoms with E-state index in [2.05, 4.69) is 5.32 Å². The van der Waals surface area contributed by atoms with Crippen LogP contribution in [0.5, 0.6) is 11.5 Å². The fourth-order valence-corrected chi connectivity index (χ4v) is 4.29. The van der Waals surface area contributed by atoms with Gasteiger partial charge in [0.2, 0.25) is 0 Å². The molecule has 0 aliphatic heterocycles. The summed E-state index contributed by atoms with van der Waals surface area (Å²) >= 11 is 0. The summed E-state index contributed by atoms with van der Waals surface area (Å²) in [6.07, 6.45) is -0.343. The summed E-state index contributed by atoms with van der Waals surface area (Å²) in [7, 11) is -4.01. The molecule has 1 unspecified atom stereocenters. The van der Waals surface area contributed by atoms with Crippen molar-refractivity contribution in [3.8, 4) is 11.5 Å². The highest BCUT2D eigenvalue weighted by molar-refractivity contribution is 7.91. The number of ether oxygens (including phenoxy) is 1. The number of carboxylic acid groups (broad SMARTS) is 1. The van der Waals surface area contributed by atoms with E-state index in [0.717, 1.165) is 0 Å². The molecule has 0 heterocycles. The predicted molar refractivity (Wildman–Crippen MR) is 104 cm³/mol. The minimum atomic E-state index is -4.01. The molecule has 1 amide bonds. The zero-order chi connectivity index (χ0) is 22.4. The highest BCUT2D eigenvalue weighted by Gasteiger charge is 2.38. The summed E-state index contributed by atoms with van der Waals surface area (Å²) in [5, 5.41) is 20.2. The molecular formula is C19H21FN2O7S. The van der Waals surface area contributed by atoms with E-state index < -0.39 is 38.8 Å². The molecular weight excluding hydrogens is 419 g/mol. The topological polar surface area (TPSA) is 142 Å². The van der Waals surface area contributed by atoms with E-state index in [9.17, 15) is 22.4 Å². The third kappa shape index (κ3) is 6.24. The molecule has 0 fully saturated rings. The summed E-state index contributed by atoms with van der Waals surface area (Å²) in [6, 6.07) is 10.6. The van der Waals surface area contributed by atoms with E-state index in [4.69, 9.17) is 15.1 Å². The molecule has 2 rings (SSSR count). The summed E-state index contributed by atoms with van der Waals surface area (Å²) in [4.78, 5) is 22.6. The van der Waals surface area contributed by atoms with Crippen molar-refractivity contribution in [3.63, 3.8) is 0 Å². The Labute approximate surface area is 172 Å². The average molecular weight is 440 g/mol. The van der Waals surface area contributed by atoms with Gasteiger partial charge in [0, 0.05) is 6.54 Å². The van der Waals surface area contributed by atoms with Gasteiger partial charge in [0.25, 0.3) is 5.91 Å². The Morgan fingerprint density at radius 3 is 2.10 bits per heavy atom. The molecule has 9 nitrogen and oxygen atoms in total. The Bertz CT molecular complexity index is 995. The molecule has 0 aliphatic rings. The number of carbonyl (C=O) groups excluding carboxylic acids is 1. The number of carboxylic acids is 1. The molecule has 2 aromatic rings. The van der Waals surface area contributed by atoms with Crippen LogP contribution in [0.2, 0.25) is 0 Å². The highest BCUT2D eigenvalue weighted by Crippen LogP contribution is 2.24. The fourth-order valence-electron chi connectivity index (χ4n) is 2.58. The lowest BCUT2D eigenvalue weighted by Crippen LogP contribution is -2.58. The number of halogens is 1. The fraction of sp³-hybridized carbons (Fsp3) is 0.263. The van der Waals surface area contributed by atoms with Crippen LogP contribution in [0.3, 0.4) is 0 Å². The molecule has 0 saturated carbocycles. The molecule has 11 heteroatoms. The van der Waals surface area contributed by atoms with Crippen molar-refractivity contribution in [2.45, 2.75) is 23.8 Å². The first-order valence-electron chi connectivity index (χ1n) is 8.73. The van der Waals surface area contributed by atoms with Gasteiger partial charge in [-0.3, -0.25) is 14.8 Å². The van der Waals surface area contributed by atoms with Crippen molar-refractivity contribution in [2.24, 2.45) is 0 Å². The van der Waals surface area contributed by atoms with Crippen LogP contribution in [0.25, 0.3) is 0 Å². The van der Waals surface area contributed by atoms with Crippen LogP contribution in [0.4, 0.5) is 4.39 Å². The van der Waals surface area contributed by atoms with Crippen molar-refractivity contribution >= 4 is 21.7 Å². The van der Waals surface area contributed by atoms with Crippen molar-refractivity contribution in [3.05, 3.63) is 54.3 Å². The second-order valence-electron chi connectivity index (χ2n) is 6.63.